The summed E-state index contributed by atoms with van der Waals surface area (Å²) in [5, 5.41) is 24.8. The minimum absolute atomic E-state index is 0.104. The number of rotatable bonds is 8. The first-order chi connectivity index (χ1) is 31.5. The van der Waals surface area contributed by atoms with Crippen LogP contribution in [0.1, 0.15) is 36.1 Å². The average molecular weight is 823 g/mol. The number of amidine groups is 1. The van der Waals surface area contributed by atoms with Crippen LogP contribution in [0, 0.1) is 5.41 Å². The molecule has 10 aromatic carbocycles. The topological polar surface area (TPSA) is 62.2 Å². The fraction of sp³-hybridized carbons (Fsp3) is 0.0500. The second-order valence-corrected chi connectivity index (χ2v) is 16.9. The molecular weight excluding hydrogens is 781 g/mol. The molecule has 0 spiro atoms. The van der Waals surface area contributed by atoms with Crippen LogP contribution >= 0.6 is 0 Å². The van der Waals surface area contributed by atoms with Gasteiger partial charge in [-0.2, -0.15) is 0 Å². The zero-order valence-corrected chi connectivity index (χ0v) is 35.2. The molecule has 1 unspecified atom stereocenters. The van der Waals surface area contributed by atoms with E-state index in [-0.39, 0.29) is 6.04 Å². The van der Waals surface area contributed by atoms with Gasteiger partial charge in [0.25, 0.3) is 0 Å². The lowest BCUT2D eigenvalue weighted by Gasteiger charge is -2.22. The Morgan fingerprint density at radius 1 is 0.469 bits per heavy atom. The summed E-state index contributed by atoms with van der Waals surface area (Å²) in [6.45, 7) is 2.16. The van der Waals surface area contributed by atoms with E-state index in [9.17, 15) is 5.41 Å². The molecule has 1 atom stereocenters. The minimum Gasteiger partial charge on any atom is -0.456 e. The summed E-state index contributed by atoms with van der Waals surface area (Å²) in [6.07, 6.45) is 2.97. The van der Waals surface area contributed by atoms with Gasteiger partial charge in [-0.15, -0.1) is 0 Å². The van der Waals surface area contributed by atoms with E-state index in [1.807, 2.05) is 30.3 Å². The zero-order chi connectivity index (χ0) is 42.7. The van der Waals surface area contributed by atoms with Gasteiger partial charge in [0.15, 0.2) is 0 Å². The molecule has 4 nitrogen and oxygen atoms in total. The molecule has 0 aliphatic carbocycles. The van der Waals surface area contributed by atoms with Crippen LogP contribution in [0.2, 0.25) is 0 Å². The average Bonchev–Trinajstić information content (AvgIpc) is 3.92. The van der Waals surface area contributed by atoms with Crippen molar-refractivity contribution in [3.63, 3.8) is 0 Å². The number of fused-ring (bicyclic) bond motifs is 12. The molecule has 0 bridgehead atoms. The van der Waals surface area contributed by atoms with Gasteiger partial charge in [0.2, 0.25) is 0 Å². The Balaban J connectivity index is 0.937. The van der Waals surface area contributed by atoms with E-state index in [4.69, 9.17) is 8.83 Å². The van der Waals surface area contributed by atoms with Gasteiger partial charge in [-0.05, 0) is 122 Å². The van der Waals surface area contributed by atoms with Gasteiger partial charge in [-0.25, -0.2) is 0 Å². The summed E-state index contributed by atoms with van der Waals surface area (Å²) in [7, 11) is 0. The first-order valence-electron chi connectivity index (χ1n) is 21.9. The van der Waals surface area contributed by atoms with E-state index >= 15 is 0 Å². The van der Waals surface area contributed by atoms with Crippen molar-refractivity contribution < 1.29 is 8.83 Å². The van der Waals surface area contributed by atoms with Crippen molar-refractivity contribution in [1.29, 1.82) is 5.41 Å². The second kappa shape index (κ2) is 15.3. The second-order valence-electron chi connectivity index (χ2n) is 16.9. The molecule has 304 valence electrons. The third kappa shape index (κ3) is 6.42. The van der Waals surface area contributed by atoms with Crippen molar-refractivity contribution in [3.05, 3.63) is 222 Å². The Labute approximate surface area is 370 Å². The highest BCUT2D eigenvalue weighted by Gasteiger charge is 2.20. The largest absolute Gasteiger partial charge is 0.456 e. The molecule has 0 amide bonds. The van der Waals surface area contributed by atoms with Crippen molar-refractivity contribution in [3.8, 4) is 22.3 Å². The number of furan rings is 2. The molecule has 0 saturated heterocycles. The summed E-state index contributed by atoms with van der Waals surface area (Å²) < 4.78 is 13.0. The molecular formula is C60H42N2O2. The number of benzene rings is 10. The van der Waals surface area contributed by atoms with Gasteiger partial charge in [-0.3, -0.25) is 5.41 Å². The molecule has 0 aliphatic heterocycles. The SMILES string of the molecule is C/C(=C/c1ccccc1)CC(NC(=N)c1cccc2oc3ccc(-c4ccc5oc6cccc(-c7ccc8c9ccccc9c9ccccc9c8c7)c6c5c4)cc3c12)c1ccccc1. The normalized spacial score (nSPS) is 12.6. The number of nitrogens with one attached hydrogen (secondary N) is 2. The summed E-state index contributed by atoms with van der Waals surface area (Å²) in [5.41, 5.74) is 12.0. The monoisotopic (exact) mass is 822 g/mol. The Kier molecular flexibility index (Phi) is 8.98. The third-order valence-electron chi connectivity index (χ3n) is 12.9. The highest BCUT2D eigenvalue weighted by Crippen LogP contribution is 2.42. The van der Waals surface area contributed by atoms with E-state index in [0.29, 0.717) is 5.84 Å². The molecule has 0 saturated carbocycles. The lowest BCUT2D eigenvalue weighted by molar-refractivity contribution is 0.640. The van der Waals surface area contributed by atoms with Gasteiger partial charge in [-0.1, -0.05) is 169 Å². The van der Waals surface area contributed by atoms with Gasteiger partial charge >= 0.3 is 0 Å². The highest BCUT2D eigenvalue weighted by molar-refractivity contribution is 6.26. The van der Waals surface area contributed by atoms with Crippen LogP contribution < -0.4 is 5.32 Å². The van der Waals surface area contributed by atoms with Crippen LogP contribution in [-0.4, -0.2) is 5.84 Å². The smallest absolute Gasteiger partial charge is 0.136 e. The maximum atomic E-state index is 9.57. The van der Waals surface area contributed by atoms with E-state index in [2.05, 4.69) is 188 Å². The van der Waals surface area contributed by atoms with Crippen LogP contribution in [0.5, 0.6) is 0 Å². The van der Waals surface area contributed by atoms with Crippen LogP contribution in [-0.2, 0) is 0 Å². The van der Waals surface area contributed by atoms with Crippen LogP contribution in [0.25, 0.3) is 105 Å². The van der Waals surface area contributed by atoms with E-state index in [1.165, 1.54) is 43.5 Å². The molecule has 64 heavy (non-hydrogen) atoms. The van der Waals surface area contributed by atoms with Crippen molar-refractivity contribution in [1.82, 2.24) is 5.32 Å². The maximum absolute atomic E-state index is 9.57. The Hall–Kier alpha value is -8.21. The summed E-state index contributed by atoms with van der Waals surface area (Å²) in [5.74, 6) is 0.355. The Bertz CT molecular complexity index is 3780. The third-order valence-corrected chi connectivity index (χ3v) is 12.9. The Morgan fingerprint density at radius 3 is 1.64 bits per heavy atom. The number of hydrogen-bond acceptors (Lipinski definition) is 3. The van der Waals surface area contributed by atoms with Gasteiger partial charge in [0, 0.05) is 27.1 Å². The first-order valence-corrected chi connectivity index (χ1v) is 21.9. The van der Waals surface area contributed by atoms with Gasteiger partial charge in [0.05, 0.1) is 6.04 Å². The summed E-state index contributed by atoms with van der Waals surface area (Å²) >= 11 is 0. The van der Waals surface area contributed by atoms with E-state index < -0.39 is 0 Å². The Morgan fingerprint density at radius 2 is 0.984 bits per heavy atom. The maximum Gasteiger partial charge on any atom is 0.136 e. The van der Waals surface area contributed by atoms with Crippen LogP contribution in [0.4, 0.5) is 0 Å². The van der Waals surface area contributed by atoms with Gasteiger partial charge < -0.3 is 14.2 Å². The molecule has 2 N–H and O–H groups in total. The molecule has 2 heterocycles. The molecule has 4 heteroatoms. The molecule has 12 rings (SSSR count). The molecule has 0 aliphatic rings. The fourth-order valence-corrected chi connectivity index (χ4v) is 9.94. The predicted molar refractivity (Wildman–Crippen MR) is 268 cm³/mol. The van der Waals surface area contributed by atoms with Crippen molar-refractivity contribution >= 4 is 88.1 Å². The quantitative estimate of drug-likeness (QED) is 0.0912. The summed E-state index contributed by atoms with van der Waals surface area (Å²) in [4.78, 5) is 0. The number of hydrogen-bond donors (Lipinski definition) is 2. The summed E-state index contributed by atoms with van der Waals surface area (Å²) in [6, 6.07) is 70.3. The lowest BCUT2D eigenvalue weighted by atomic mass is 9.91. The van der Waals surface area contributed by atoms with Crippen molar-refractivity contribution in [2.75, 3.05) is 0 Å². The standard InChI is InChI=1S/C60H42N2O2/c1-37(32-38-14-4-2-5-15-38)33-53(39-16-6-3-7-17-39)62-60(61)49-23-13-25-57-59(49)52-35-41(28-31-55(52)64-57)40-27-30-54-51(34-40)58-43(22-12-24-56(58)63-54)42-26-29-48-46-20-9-8-18-44(46)45-19-10-11-21-47(45)50(48)36-42/h2-32,34-36,53H,33H2,1H3,(H2,61,62)/b37-32-. The van der Waals surface area contributed by atoms with Crippen molar-refractivity contribution in [2.45, 2.75) is 19.4 Å². The van der Waals surface area contributed by atoms with Crippen molar-refractivity contribution in [2.24, 2.45) is 0 Å². The predicted octanol–water partition coefficient (Wildman–Crippen LogP) is 16.4. The fourth-order valence-electron chi connectivity index (χ4n) is 9.94. The molecule has 0 radical (unpaired) electrons. The van der Waals surface area contributed by atoms with E-state index in [0.717, 1.165) is 83.7 Å². The molecule has 12 aromatic rings. The van der Waals surface area contributed by atoms with Crippen LogP contribution in [0.15, 0.2) is 215 Å². The van der Waals surface area contributed by atoms with Crippen LogP contribution in [0.3, 0.4) is 0 Å². The first kappa shape index (κ1) is 37.5. The zero-order valence-electron chi connectivity index (χ0n) is 35.2. The molecule has 2 aromatic heterocycles. The lowest BCUT2D eigenvalue weighted by Crippen LogP contribution is -2.29. The van der Waals surface area contributed by atoms with E-state index in [1.54, 1.807) is 0 Å². The highest BCUT2D eigenvalue weighted by atomic mass is 16.3. The molecule has 0 fully saturated rings. The minimum atomic E-state index is -0.104. The van der Waals surface area contributed by atoms with Gasteiger partial charge in [0.1, 0.15) is 28.2 Å².